The summed E-state index contributed by atoms with van der Waals surface area (Å²) in [6.07, 6.45) is 2.20. The van der Waals surface area contributed by atoms with Gasteiger partial charge in [-0.25, -0.2) is 0 Å². The first kappa shape index (κ1) is 11.5. The monoisotopic (exact) mass is 168 g/mol. The molecule has 0 bridgehead atoms. The average molecular weight is 168 g/mol. The molecular weight excluding hydrogens is 148 g/mol. The molecule has 0 fully saturated rings. The van der Waals surface area contributed by atoms with Gasteiger partial charge in [0.2, 0.25) is 0 Å². The van der Waals surface area contributed by atoms with E-state index in [0.29, 0.717) is 12.0 Å². The van der Waals surface area contributed by atoms with E-state index in [1.54, 1.807) is 0 Å². The molecule has 0 aliphatic carbocycles. The van der Waals surface area contributed by atoms with E-state index >= 15 is 0 Å². The highest BCUT2D eigenvalue weighted by molar-refractivity contribution is 4.99. The minimum absolute atomic E-state index is 0.330. The smallest absolute Gasteiger partial charge is 0.0579 e. The van der Waals surface area contributed by atoms with E-state index in [4.69, 9.17) is 4.74 Å². The molecule has 0 aliphatic heterocycles. The Labute approximate surface area is 76.5 Å². The van der Waals surface area contributed by atoms with E-state index in [1.807, 2.05) is 13.8 Å². The molecule has 0 spiro atoms. The third kappa shape index (κ3) is 9.52. The van der Waals surface area contributed by atoms with Gasteiger partial charge in [0, 0.05) is 12.8 Å². The molecule has 0 aliphatic rings. The van der Waals surface area contributed by atoms with Gasteiger partial charge in [-0.3, -0.25) is 0 Å². The van der Waals surface area contributed by atoms with Crippen LogP contribution in [0.2, 0.25) is 0 Å². The predicted molar refractivity (Wildman–Crippen MR) is 52.9 cm³/mol. The van der Waals surface area contributed by atoms with Crippen molar-refractivity contribution < 1.29 is 4.74 Å². The molecule has 1 nitrogen and oxygen atoms in total. The maximum atomic E-state index is 5.35. The van der Waals surface area contributed by atoms with Crippen molar-refractivity contribution in [2.75, 3.05) is 6.61 Å². The standard InChI is InChI=1S/C11H20O/c1-10(2)8-6-5-7-9-12-11(3)4/h10-11H,7-9H2,1-4H3. The van der Waals surface area contributed by atoms with Crippen molar-refractivity contribution in [1.82, 2.24) is 0 Å². The molecule has 0 atom stereocenters. The lowest BCUT2D eigenvalue weighted by Gasteiger charge is -2.03. The Kier molecular flexibility index (Phi) is 6.90. The van der Waals surface area contributed by atoms with E-state index in [0.717, 1.165) is 19.4 Å². The third-order valence-electron chi connectivity index (χ3n) is 1.31. The molecule has 0 unspecified atom stereocenters. The number of hydrogen-bond acceptors (Lipinski definition) is 1. The molecule has 0 saturated heterocycles. The van der Waals surface area contributed by atoms with Gasteiger partial charge < -0.3 is 4.74 Å². The van der Waals surface area contributed by atoms with Crippen LogP contribution >= 0.6 is 0 Å². The highest BCUT2D eigenvalue weighted by Gasteiger charge is 1.90. The molecule has 12 heavy (non-hydrogen) atoms. The second-order valence-electron chi connectivity index (χ2n) is 3.62. The molecule has 0 saturated carbocycles. The van der Waals surface area contributed by atoms with Gasteiger partial charge in [-0.2, -0.15) is 0 Å². The fourth-order valence-corrected chi connectivity index (χ4v) is 0.710. The van der Waals surface area contributed by atoms with Gasteiger partial charge in [0.15, 0.2) is 0 Å². The molecule has 0 amide bonds. The van der Waals surface area contributed by atoms with Crippen LogP contribution in [0.15, 0.2) is 0 Å². The van der Waals surface area contributed by atoms with Crippen LogP contribution in [0.3, 0.4) is 0 Å². The zero-order valence-corrected chi connectivity index (χ0v) is 8.68. The van der Waals surface area contributed by atoms with Gasteiger partial charge in [-0.05, 0) is 19.8 Å². The quantitative estimate of drug-likeness (QED) is 0.463. The Hall–Kier alpha value is -0.480. The molecule has 0 N–H and O–H groups in total. The highest BCUT2D eigenvalue weighted by atomic mass is 16.5. The van der Waals surface area contributed by atoms with Crippen LogP contribution in [-0.4, -0.2) is 12.7 Å². The molecular formula is C11H20O. The Morgan fingerprint density at radius 1 is 1.08 bits per heavy atom. The highest BCUT2D eigenvalue weighted by Crippen LogP contribution is 1.96. The predicted octanol–water partition coefficient (Wildman–Crippen LogP) is 2.85. The molecule has 0 aromatic heterocycles. The molecule has 0 rings (SSSR count). The summed E-state index contributed by atoms with van der Waals surface area (Å²) in [6.45, 7) is 9.21. The molecule has 70 valence electrons. The zero-order chi connectivity index (χ0) is 9.40. The van der Waals surface area contributed by atoms with Crippen LogP contribution in [0.4, 0.5) is 0 Å². The van der Waals surface area contributed by atoms with Crippen molar-refractivity contribution in [2.24, 2.45) is 5.92 Å². The first-order valence-corrected chi connectivity index (χ1v) is 4.70. The lowest BCUT2D eigenvalue weighted by atomic mass is 10.1. The first-order valence-electron chi connectivity index (χ1n) is 4.70. The second-order valence-corrected chi connectivity index (χ2v) is 3.62. The second kappa shape index (κ2) is 7.18. The summed E-state index contributed by atoms with van der Waals surface area (Å²) in [5.41, 5.74) is 0. The van der Waals surface area contributed by atoms with Gasteiger partial charge in [-0.1, -0.05) is 13.8 Å². The maximum Gasteiger partial charge on any atom is 0.0579 e. The summed E-state index contributed by atoms with van der Waals surface area (Å²) in [4.78, 5) is 0. The lowest BCUT2D eigenvalue weighted by molar-refractivity contribution is 0.0835. The Bertz CT molecular complexity index is 148. The fraction of sp³-hybridized carbons (Fsp3) is 0.818. The summed E-state index contributed by atoms with van der Waals surface area (Å²) in [7, 11) is 0. The van der Waals surface area contributed by atoms with Crippen LogP contribution in [-0.2, 0) is 4.74 Å². The van der Waals surface area contributed by atoms with Crippen molar-refractivity contribution in [2.45, 2.75) is 46.6 Å². The molecule has 1 heteroatoms. The summed E-state index contributed by atoms with van der Waals surface area (Å²) in [5, 5.41) is 0. The van der Waals surface area contributed by atoms with E-state index in [1.165, 1.54) is 0 Å². The molecule has 0 radical (unpaired) electrons. The maximum absolute atomic E-state index is 5.35. The fourth-order valence-electron chi connectivity index (χ4n) is 0.710. The van der Waals surface area contributed by atoms with Gasteiger partial charge in [-0.15, -0.1) is 11.8 Å². The van der Waals surface area contributed by atoms with Crippen molar-refractivity contribution >= 4 is 0 Å². The zero-order valence-electron chi connectivity index (χ0n) is 8.68. The Morgan fingerprint density at radius 3 is 2.25 bits per heavy atom. The summed E-state index contributed by atoms with van der Waals surface area (Å²) >= 11 is 0. The minimum atomic E-state index is 0.330. The van der Waals surface area contributed by atoms with Crippen LogP contribution < -0.4 is 0 Å². The van der Waals surface area contributed by atoms with Crippen molar-refractivity contribution in [1.29, 1.82) is 0 Å². The normalized spacial score (nSPS) is 10.2. The van der Waals surface area contributed by atoms with Gasteiger partial charge in [0.05, 0.1) is 12.7 Å². The van der Waals surface area contributed by atoms with Crippen LogP contribution in [0.1, 0.15) is 40.5 Å². The molecule has 0 aromatic rings. The van der Waals surface area contributed by atoms with Gasteiger partial charge >= 0.3 is 0 Å². The summed E-state index contributed by atoms with van der Waals surface area (Å²) < 4.78 is 5.35. The van der Waals surface area contributed by atoms with E-state index in [-0.39, 0.29) is 0 Å². The van der Waals surface area contributed by atoms with E-state index in [2.05, 4.69) is 25.7 Å². The van der Waals surface area contributed by atoms with Crippen LogP contribution in [0, 0.1) is 17.8 Å². The van der Waals surface area contributed by atoms with E-state index in [9.17, 15) is 0 Å². The topological polar surface area (TPSA) is 9.23 Å². The summed E-state index contributed by atoms with van der Waals surface area (Å²) in [6, 6.07) is 0. The Morgan fingerprint density at radius 2 is 1.75 bits per heavy atom. The van der Waals surface area contributed by atoms with Crippen LogP contribution in [0.5, 0.6) is 0 Å². The Balaban J connectivity index is 3.22. The largest absolute Gasteiger partial charge is 0.378 e. The minimum Gasteiger partial charge on any atom is -0.378 e. The van der Waals surface area contributed by atoms with Crippen LogP contribution in [0.25, 0.3) is 0 Å². The third-order valence-corrected chi connectivity index (χ3v) is 1.31. The number of ether oxygens (including phenoxy) is 1. The SMILES string of the molecule is CC(C)CC#CCCOC(C)C. The average Bonchev–Trinajstić information content (AvgIpc) is 1.95. The van der Waals surface area contributed by atoms with Gasteiger partial charge in [0.1, 0.15) is 0 Å². The molecule has 0 aromatic carbocycles. The molecule has 0 heterocycles. The number of hydrogen-bond donors (Lipinski definition) is 0. The van der Waals surface area contributed by atoms with Crippen molar-refractivity contribution in [3.63, 3.8) is 0 Å². The summed E-state index contributed by atoms with van der Waals surface area (Å²) in [5.74, 6) is 6.91. The lowest BCUT2D eigenvalue weighted by Crippen LogP contribution is -2.02. The van der Waals surface area contributed by atoms with Gasteiger partial charge in [0.25, 0.3) is 0 Å². The van der Waals surface area contributed by atoms with Crippen molar-refractivity contribution in [3.05, 3.63) is 0 Å². The first-order chi connectivity index (χ1) is 5.63. The van der Waals surface area contributed by atoms with Crippen molar-refractivity contribution in [3.8, 4) is 11.8 Å². The number of rotatable bonds is 4. The van der Waals surface area contributed by atoms with E-state index < -0.39 is 0 Å².